The lowest BCUT2D eigenvalue weighted by Crippen LogP contribution is -2.38. The topological polar surface area (TPSA) is 43.8 Å². The van der Waals surface area contributed by atoms with Crippen LogP contribution in [-0.2, 0) is 6.54 Å². The number of aliphatic hydroxyl groups excluding tert-OH is 1. The lowest BCUT2D eigenvalue weighted by Gasteiger charge is -2.23. The van der Waals surface area contributed by atoms with Crippen LogP contribution in [-0.4, -0.2) is 32.4 Å². The Morgan fingerprint density at radius 1 is 1.33 bits per heavy atom. The Kier molecular flexibility index (Phi) is 4.63. The standard InChI is InChI=1S/C13H18N2O2S/c1-2-3-9-15-12(16)14(13(17)18-15)10-11-7-5-4-6-8-11/h4-8,12,16H,2-3,9-10H2,1H3. The SMILES string of the molecule is CCCCN1SC(=O)N(Cc2ccccc2)C1O. The van der Waals surface area contributed by atoms with Crippen LogP contribution in [0.2, 0.25) is 0 Å². The van der Waals surface area contributed by atoms with Crippen molar-refractivity contribution in [2.45, 2.75) is 32.7 Å². The largest absolute Gasteiger partial charge is 0.360 e. The van der Waals surface area contributed by atoms with Crippen molar-refractivity contribution in [2.75, 3.05) is 6.54 Å². The van der Waals surface area contributed by atoms with Crippen LogP contribution in [0.5, 0.6) is 0 Å². The minimum Gasteiger partial charge on any atom is -0.360 e. The molecule has 1 saturated heterocycles. The van der Waals surface area contributed by atoms with E-state index in [1.54, 1.807) is 4.31 Å². The van der Waals surface area contributed by atoms with E-state index in [9.17, 15) is 9.90 Å². The zero-order chi connectivity index (χ0) is 13.0. The van der Waals surface area contributed by atoms with Gasteiger partial charge in [0.15, 0.2) is 6.35 Å². The second kappa shape index (κ2) is 6.22. The highest BCUT2D eigenvalue weighted by atomic mass is 32.2. The predicted octanol–water partition coefficient (Wildman–Crippen LogP) is 2.65. The monoisotopic (exact) mass is 266 g/mol. The molecule has 0 spiro atoms. The van der Waals surface area contributed by atoms with Crippen LogP contribution in [0.1, 0.15) is 25.3 Å². The smallest absolute Gasteiger partial charge is 0.300 e. The van der Waals surface area contributed by atoms with E-state index in [-0.39, 0.29) is 5.24 Å². The molecule has 2 rings (SSSR count). The van der Waals surface area contributed by atoms with E-state index >= 15 is 0 Å². The number of carbonyl (C=O) groups excluding carboxylic acids is 1. The zero-order valence-corrected chi connectivity index (χ0v) is 11.3. The summed E-state index contributed by atoms with van der Waals surface area (Å²) in [5.74, 6) is 0. The van der Waals surface area contributed by atoms with Crippen molar-refractivity contribution in [2.24, 2.45) is 0 Å². The highest BCUT2D eigenvalue weighted by Crippen LogP contribution is 2.30. The third kappa shape index (κ3) is 3.04. The van der Waals surface area contributed by atoms with Crippen molar-refractivity contribution in [1.82, 2.24) is 9.21 Å². The zero-order valence-electron chi connectivity index (χ0n) is 10.5. The maximum atomic E-state index is 11.8. The second-order valence-corrected chi connectivity index (χ2v) is 5.31. The van der Waals surface area contributed by atoms with E-state index in [1.807, 2.05) is 30.3 Å². The quantitative estimate of drug-likeness (QED) is 0.832. The van der Waals surface area contributed by atoms with E-state index in [0.717, 1.165) is 36.9 Å². The fourth-order valence-electron chi connectivity index (χ4n) is 1.85. The maximum Gasteiger partial charge on any atom is 0.300 e. The van der Waals surface area contributed by atoms with Gasteiger partial charge < -0.3 is 5.11 Å². The molecule has 1 aliphatic heterocycles. The third-order valence-electron chi connectivity index (χ3n) is 2.89. The summed E-state index contributed by atoms with van der Waals surface area (Å²) in [6.45, 7) is 3.28. The van der Waals surface area contributed by atoms with E-state index in [4.69, 9.17) is 0 Å². The fraction of sp³-hybridized carbons (Fsp3) is 0.462. The number of hydrogen-bond donors (Lipinski definition) is 1. The molecule has 0 aromatic heterocycles. The number of amides is 1. The number of hydrogen-bond acceptors (Lipinski definition) is 4. The van der Waals surface area contributed by atoms with Gasteiger partial charge in [0.2, 0.25) is 0 Å². The number of carbonyl (C=O) groups is 1. The first-order chi connectivity index (χ1) is 8.72. The summed E-state index contributed by atoms with van der Waals surface area (Å²) >= 11 is 1.11. The summed E-state index contributed by atoms with van der Waals surface area (Å²) in [6, 6.07) is 9.72. The van der Waals surface area contributed by atoms with Gasteiger partial charge in [-0.2, -0.15) is 4.31 Å². The van der Waals surface area contributed by atoms with Crippen molar-refractivity contribution < 1.29 is 9.90 Å². The van der Waals surface area contributed by atoms with Crippen LogP contribution in [0.25, 0.3) is 0 Å². The second-order valence-electron chi connectivity index (χ2n) is 4.31. The highest BCUT2D eigenvalue weighted by molar-refractivity contribution is 8.11. The molecule has 0 radical (unpaired) electrons. The summed E-state index contributed by atoms with van der Waals surface area (Å²) < 4.78 is 1.74. The molecule has 0 aliphatic carbocycles. The lowest BCUT2D eigenvalue weighted by molar-refractivity contribution is -0.0307. The number of aliphatic hydroxyl groups is 1. The van der Waals surface area contributed by atoms with Gasteiger partial charge in [-0.3, -0.25) is 9.69 Å². The maximum absolute atomic E-state index is 11.8. The minimum atomic E-state index is -0.811. The first kappa shape index (κ1) is 13.4. The molecular weight excluding hydrogens is 248 g/mol. The number of nitrogens with zero attached hydrogens (tertiary/aromatic N) is 2. The molecule has 5 heteroatoms. The van der Waals surface area contributed by atoms with Crippen LogP contribution in [0.3, 0.4) is 0 Å². The molecule has 4 nitrogen and oxygen atoms in total. The molecular formula is C13H18N2O2S. The Bertz CT molecular complexity index is 399. The molecule has 1 N–H and O–H groups in total. The van der Waals surface area contributed by atoms with Gasteiger partial charge in [0.1, 0.15) is 0 Å². The van der Waals surface area contributed by atoms with Crippen LogP contribution < -0.4 is 0 Å². The minimum absolute atomic E-state index is 0.0811. The molecule has 0 saturated carbocycles. The van der Waals surface area contributed by atoms with Crippen molar-refractivity contribution in [3.8, 4) is 0 Å². The lowest BCUT2D eigenvalue weighted by atomic mass is 10.2. The van der Waals surface area contributed by atoms with Crippen molar-refractivity contribution in [3.63, 3.8) is 0 Å². The van der Waals surface area contributed by atoms with Crippen molar-refractivity contribution in [3.05, 3.63) is 35.9 Å². The number of unbranched alkanes of at least 4 members (excludes halogenated alkanes) is 1. The van der Waals surface area contributed by atoms with Gasteiger partial charge in [0, 0.05) is 18.5 Å². The van der Waals surface area contributed by atoms with Gasteiger partial charge in [-0.25, -0.2) is 0 Å². The number of benzene rings is 1. The molecule has 1 aromatic carbocycles. The summed E-state index contributed by atoms with van der Waals surface area (Å²) in [7, 11) is 0. The Hall–Kier alpha value is -1.04. The van der Waals surface area contributed by atoms with E-state index in [2.05, 4.69) is 6.92 Å². The average Bonchev–Trinajstić information content (AvgIpc) is 2.65. The highest BCUT2D eigenvalue weighted by Gasteiger charge is 2.37. The van der Waals surface area contributed by atoms with E-state index < -0.39 is 6.35 Å². The molecule has 1 amide bonds. The molecule has 0 bridgehead atoms. The van der Waals surface area contributed by atoms with E-state index in [0.29, 0.717) is 6.54 Å². The fourth-order valence-corrected chi connectivity index (χ4v) is 2.74. The Labute approximate surface area is 112 Å². The van der Waals surface area contributed by atoms with Crippen LogP contribution >= 0.6 is 11.9 Å². The van der Waals surface area contributed by atoms with Gasteiger partial charge in [0.05, 0.1) is 6.54 Å². The molecule has 1 heterocycles. The van der Waals surface area contributed by atoms with Gasteiger partial charge >= 0.3 is 0 Å². The Morgan fingerprint density at radius 2 is 2.06 bits per heavy atom. The van der Waals surface area contributed by atoms with Crippen LogP contribution in [0, 0.1) is 0 Å². The van der Waals surface area contributed by atoms with Gasteiger partial charge in [-0.15, -0.1) is 0 Å². The first-order valence-corrected chi connectivity index (χ1v) is 6.97. The van der Waals surface area contributed by atoms with Crippen LogP contribution in [0.15, 0.2) is 30.3 Å². The molecule has 1 unspecified atom stereocenters. The molecule has 18 heavy (non-hydrogen) atoms. The Morgan fingerprint density at radius 3 is 2.72 bits per heavy atom. The molecule has 1 aliphatic rings. The summed E-state index contributed by atoms with van der Waals surface area (Å²) in [5.41, 5.74) is 1.03. The number of rotatable bonds is 5. The van der Waals surface area contributed by atoms with Gasteiger partial charge in [-0.05, 0) is 12.0 Å². The van der Waals surface area contributed by atoms with Crippen molar-refractivity contribution >= 4 is 17.2 Å². The van der Waals surface area contributed by atoms with E-state index in [1.165, 1.54) is 4.90 Å². The van der Waals surface area contributed by atoms with Gasteiger partial charge in [-0.1, -0.05) is 43.7 Å². The molecule has 1 fully saturated rings. The third-order valence-corrected chi connectivity index (χ3v) is 3.89. The first-order valence-electron chi connectivity index (χ1n) is 6.19. The molecule has 1 aromatic rings. The molecule has 98 valence electrons. The summed E-state index contributed by atoms with van der Waals surface area (Å²) in [6.07, 6.45) is 1.22. The van der Waals surface area contributed by atoms with Crippen molar-refractivity contribution in [1.29, 1.82) is 0 Å². The normalized spacial score (nSPS) is 20.7. The summed E-state index contributed by atoms with van der Waals surface area (Å²) in [5, 5.41) is 10.0. The summed E-state index contributed by atoms with van der Waals surface area (Å²) in [4.78, 5) is 13.3. The van der Waals surface area contributed by atoms with Gasteiger partial charge in [0.25, 0.3) is 5.24 Å². The van der Waals surface area contributed by atoms with Crippen LogP contribution in [0.4, 0.5) is 4.79 Å². The average molecular weight is 266 g/mol. The molecule has 1 atom stereocenters. The Balaban J connectivity index is 1.98. The predicted molar refractivity (Wildman–Crippen MR) is 72.6 cm³/mol.